The van der Waals surface area contributed by atoms with Gasteiger partial charge in [-0.15, -0.1) is 0 Å². The lowest BCUT2D eigenvalue weighted by molar-refractivity contribution is -0.122. The van der Waals surface area contributed by atoms with Gasteiger partial charge in [-0.05, 0) is 44.1 Å². The summed E-state index contributed by atoms with van der Waals surface area (Å²) in [5, 5.41) is 6.19. The van der Waals surface area contributed by atoms with E-state index in [1.165, 1.54) is 6.26 Å². The molecule has 2 N–H and O–H groups in total. The summed E-state index contributed by atoms with van der Waals surface area (Å²) in [5.74, 6) is 0.770. The van der Waals surface area contributed by atoms with Crippen LogP contribution < -0.4 is 10.6 Å². The van der Waals surface area contributed by atoms with Crippen molar-refractivity contribution in [1.82, 2.24) is 15.5 Å². The molecule has 2 amide bonds. The lowest BCUT2D eigenvalue weighted by atomic mass is 9.85. The van der Waals surface area contributed by atoms with Crippen LogP contribution in [0.2, 0.25) is 0 Å². The van der Waals surface area contributed by atoms with Crippen LogP contribution in [0.1, 0.15) is 55.6 Å². The van der Waals surface area contributed by atoms with Gasteiger partial charge in [0, 0.05) is 25.2 Å². The van der Waals surface area contributed by atoms with E-state index in [1.54, 1.807) is 6.07 Å². The summed E-state index contributed by atoms with van der Waals surface area (Å²) in [6, 6.07) is 2.26. The van der Waals surface area contributed by atoms with E-state index in [0.717, 1.165) is 44.5 Å². The fourth-order valence-electron chi connectivity index (χ4n) is 3.65. The largest absolute Gasteiger partial charge is 0.469 e. The van der Waals surface area contributed by atoms with E-state index in [4.69, 9.17) is 4.42 Å². The molecule has 2 aliphatic rings. The molecule has 2 heterocycles. The molecule has 1 aromatic rings. The van der Waals surface area contributed by atoms with E-state index in [9.17, 15) is 9.59 Å². The molecule has 1 atom stereocenters. The van der Waals surface area contributed by atoms with Crippen LogP contribution in [0.5, 0.6) is 0 Å². The number of rotatable bonds is 5. The second-order valence-corrected chi connectivity index (χ2v) is 8.33. The van der Waals surface area contributed by atoms with Gasteiger partial charge in [-0.25, -0.2) is 0 Å². The molecule has 1 aliphatic carbocycles. The summed E-state index contributed by atoms with van der Waals surface area (Å²) in [5.41, 5.74) is 0.612. The minimum Gasteiger partial charge on any atom is -0.469 e. The molecule has 0 spiro atoms. The van der Waals surface area contributed by atoms with Crippen molar-refractivity contribution in [2.24, 2.45) is 5.41 Å². The standard InChI is InChI=1S/C19H29N3O3/c1-13-8-14(11-25-13)18(24)21-16-6-7-22(12-19(2,3)9-16)10-17(23)20-15-4-5-15/h8,11,15-16H,4-7,9-10,12H2,1-3H3,(H,20,23)(H,21,24). The second kappa shape index (κ2) is 7.20. The number of furan rings is 1. The molecule has 1 saturated carbocycles. The molecule has 1 aromatic heterocycles. The molecule has 0 radical (unpaired) electrons. The Balaban J connectivity index is 1.55. The number of hydrogen-bond donors (Lipinski definition) is 2. The third kappa shape index (κ3) is 5.33. The molecule has 3 rings (SSSR count). The van der Waals surface area contributed by atoms with Crippen LogP contribution in [0.15, 0.2) is 16.7 Å². The van der Waals surface area contributed by atoms with Crippen LogP contribution in [0.3, 0.4) is 0 Å². The molecule has 6 heteroatoms. The maximum atomic E-state index is 12.4. The number of nitrogens with one attached hydrogen (secondary N) is 2. The van der Waals surface area contributed by atoms with E-state index in [0.29, 0.717) is 18.2 Å². The quantitative estimate of drug-likeness (QED) is 0.855. The van der Waals surface area contributed by atoms with Gasteiger partial charge in [0.1, 0.15) is 12.0 Å². The summed E-state index contributed by atoms with van der Waals surface area (Å²) >= 11 is 0. The Kier molecular flexibility index (Phi) is 5.18. The third-order valence-corrected chi connectivity index (χ3v) is 4.88. The second-order valence-electron chi connectivity index (χ2n) is 8.33. The highest BCUT2D eigenvalue weighted by molar-refractivity contribution is 5.94. The first-order valence-corrected chi connectivity index (χ1v) is 9.18. The zero-order valence-corrected chi connectivity index (χ0v) is 15.4. The summed E-state index contributed by atoms with van der Waals surface area (Å²) in [6.07, 6.45) is 5.47. The Morgan fingerprint density at radius 1 is 1.24 bits per heavy atom. The Morgan fingerprint density at radius 2 is 2.00 bits per heavy atom. The number of carbonyl (C=O) groups excluding carboxylic acids is 2. The van der Waals surface area contributed by atoms with Gasteiger partial charge in [-0.1, -0.05) is 13.8 Å². The number of likely N-dealkylation sites (tertiary alicyclic amines) is 1. The Bertz CT molecular complexity index is 634. The van der Waals surface area contributed by atoms with Gasteiger partial charge in [0.15, 0.2) is 0 Å². The maximum absolute atomic E-state index is 12.4. The fourth-order valence-corrected chi connectivity index (χ4v) is 3.65. The molecule has 1 aliphatic heterocycles. The maximum Gasteiger partial charge on any atom is 0.254 e. The van der Waals surface area contributed by atoms with Crippen LogP contribution in [0, 0.1) is 12.3 Å². The molecule has 1 saturated heterocycles. The predicted octanol–water partition coefficient (Wildman–Crippen LogP) is 2.09. The Labute approximate surface area is 149 Å². The van der Waals surface area contributed by atoms with Crippen molar-refractivity contribution in [3.63, 3.8) is 0 Å². The highest BCUT2D eigenvalue weighted by Gasteiger charge is 2.32. The van der Waals surface area contributed by atoms with Crippen LogP contribution in [-0.4, -0.2) is 48.4 Å². The van der Waals surface area contributed by atoms with Crippen molar-refractivity contribution >= 4 is 11.8 Å². The Hall–Kier alpha value is -1.82. The number of nitrogens with zero attached hydrogens (tertiary/aromatic N) is 1. The van der Waals surface area contributed by atoms with Gasteiger partial charge in [0.05, 0.1) is 12.1 Å². The summed E-state index contributed by atoms with van der Waals surface area (Å²) in [7, 11) is 0. The van der Waals surface area contributed by atoms with E-state index in [2.05, 4.69) is 29.4 Å². The van der Waals surface area contributed by atoms with Crippen LogP contribution in [-0.2, 0) is 4.79 Å². The zero-order chi connectivity index (χ0) is 18.0. The molecule has 0 aromatic carbocycles. The molecular formula is C19H29N3O3. The molecular weight excluding hydrogens is 318 g/mol. The van der Waals surface area contributed by atoms with Gasteiger partial charge in [0.2, 0.25) is 5.91 Å². The summed E-state index contributed by atoms with van der Waals surface area (Å²) in [6.45, 7) is 8.35. The minimum absolute atomic E-state index is 0.0423. The minimum atomic E-state index is -0.0856. The van der Waals surface area contributed by atoms with Gasteiger partial charge >= 0.3 is 0 Å². The van der Waals surface area contributed by atoms with Crippen molar-refractivity contribution in [3.05, 3.63) is 23.7 Å². The number of aryl methyl sites for hydroxylation is 1. The van der Waals surface area contributed by atoms with Gasteiger partial charge in [-0.2, -0.15) is 0 Å². The normalized spacial score (nSPS) is 23.7. The van der Waals surface area contributed by atoms with Crippen molar-refractivity contribution in [2.75, 3.05) is 19.6 Å². The molecule has 0 bridgehead atoms. The number of amides is 2. The average Bonchev–Trinajstić information content (AvgIpc) is 3.22. The Morgan fingerprint density at radius 3 is 2.64 bits per heavy atom. The molecule has 6 nitrogen and oxygen atoms in total. The van der Waals surface area contributed by atoms with Gasteiger partial charge in [0.25, 0.3) is 5.91 Å². The third-order valence-electron chi connectivity index (χ3n) is 4.88. The van der Waals surface area contributed by atoms with Gasteiger partial charge in [-0.3, -0.25) is 14.5 Å². The van der Waals surface area contributed by atoms with E-state index >= 15 is 0 Å². The fraction of sp³-hybridized carbons (Fsp3) is 0.684. The zero-order valence-electron chi connectivity index (χ0n) is 15.4. The van der Waals surface area contributed by atoms with Gasteiger partial charge < -0.3 is 15.1 Å². The molecule has 25 heavy (non-hydrogen) atoms. The first-order chi connectivity index (χ1) is 11.8. The molecule has 2 fully saturated rings. The highest BCUT2D eigenvalue weighted by Crippen LogP contribution is 2.28. The van der Waals surface area contributed by atoms with Crippen LogP contribution in [0.4, 0.5) is 0 Å². The first-order valence-electron chi connectivity index (χ1n) is 9.18. The van der Waals surface area contributed by atoms with Crippen LogP contribution >= 0.6 is 0 Å². The van der Waals surface area contributed by atoms with E-state index in [-0.39, 0.29) is 23.3 Å². The monoisotopic (exact) mass is 347 g/mol. The lowest BCUT2D eigenvalue weighted by Gasteiger charge is -2.30. The SMILES string of the molecule is Cc1cc(C(=O)NC2CCN(CC(=O)NC3CC3)CC(C)(C)C2)co1. The summed E-state index contributed by atoms with van der Waals surface area (Å²) in [4.78, 5) is 26.7. The smallest absolute Gasteiger partial charge is 0.254 e. The number of carbonyl (C=O) groups is 2. The van der Waals surface area contributed by atoms with Crippen molar-refractivity contribution in [2.45, 2.75) is 58.5 Å². The van der Waals surface area contributed by atoms with Crippen molar-refractivity contribution in [3.8, 4) is 0 Å². The van der Waals surface area contributed by atoms with Crippen LogP contribution in [0.25, 0.3) is 0 Å². The lowest BCUT2D eigenvalue weighted by Crippen LogP contribution is -2.41. The first kappa shape index (κ1) is 18.0. The number of hydrogen-bond acceptors (Lipinski definition) is 4. The highest BCUT2D eigenvalue weighted by atomic mass is 16.3. The van der Waals surface area contributed by atoms with E-state index in [1.807, 2.05) is 6.92 Å². The topological polar surface area (TPSA) is 74.6 Å². The van der Waals surface area contributed by atoms with Crippen molar-refractivity contribution in [1.29, 1.82) is 0 Å². The van der Waals surface area contributed by atoms with Crippen molar-refractivity contribution < 1.29 is 14.0 Å². The molecule has 1 unspecified atom stereocenters. The molecule has 138 valence electrons. The van der Waals surface area contributed by atoms with E-state index < -0.39 is 0 Å². The summed E-state index contributed by atoms with van der Waals surface area (Å²) < 4.78 is 5.22. The average molecular weight is 347 g/mol. The predicted molar refractivity (Wildman–Crippen MR) is 95.3 cm³/mol.